The van der Waals surface area contributed by atoms with Crippen molar-refractivity contribution in [2.45, 2.75) is 25.4 Å². The number of hydrogen-bond acceptors (Lipinski definition) is 0. The molecule has 0 aliphatic carbocycles. The van der Waals surface area contributed by atoms with Gasteiger partial charge in [0, 0.05) is 22.3 Å². The summed E-state index contributed by atoms with van der Waals surface area (Å²) in [4.78, 5) is 0. The van der Waals surface area contributed by atoms with Crippen molar-refractivity contribution < 1.29 is 16.9 Å². The second kappa shape index (κ2) is 10.6. The fraction of sp³-hybridized carbons (Fsp3) is 0.200. The van der Waals surface area contributed by atoms with Crippen molar-refractivity contribution in [3.63, 3.8) is 0 Å². The van der Waals surface area contributed by atoms with Crippen molar-refractivity contribution in [1.29, 1.82) is 0 Å². The van der Waals surface area contributed by atoms with Crippen LogP contribution >= 0.6 is 0 Å². The molecule has 4 aromatic rings. The van der Waals surface area contributed by atoms with Crippen molar-refractivity contribution in [2.75, 3.05) is 13.6 Å². The lowest BCUT2D eigenvalue weighted by molar-refractivity contribution is -0.967. The smallest absolute Gasteiger partial charge is 0.176 e. The van der Waals surface area contributed by atoms with E-state index in [1.54, 1.807) is 0 Å². The first-order valence-electron chi connectivity index (χ1n) is 11.3. The van der Waals surface area contributed by atoms with E-state index >= 15 is 0 Å². The number of rotatable bonds is 8. The Morgan fingerprint density at radius 3 is 1.25 bits per heavy atom. The molecule has 0 aromatic heterocycles. The van der Waals surface area contributed by atoms with Crippen LogP contribution in [0, 0.1) is 0 Å². The molecular formula is C30H32ClN. The van der Waals surface area contributed by atoms with Crippen LogP contribution in [0.15, 0.2) is 121 Å². The molecule has 0 aliphatic rings. The Hall–Kier alpha value is -2.87. The lowest BCUT2D eigenvalue weighted by atomic mass is 9.73. The summed E-state index contributed by atoms with van der Waals surface area (Å²) >= 11 is 0. The van der Waals surface area contributed by atoms with Gasteiger partial charge >= 0.3 is 0 Å². The lowest BCUT2D eigenvalue weighted by Gasteiger charge is -2.52. The van der Waals surface area contributed by atoms with Crippen LogP contribution in [0.4, 0.5) is 0 Å². The molecule has 4 rings (SSSR count). The van der Waals surface area contributed by atoms with Gasteiger partial charge in [-0.15, -0.1) is 0 Å². The number of benzene rings is 4. The van der Waals surface area contributed by atoms with Crippen LogP contribution < -0.4 is 12.4 Å². The van der Waals surface area contributed by atoms with Gasteiger partial charge < -0.3 is 16.9 Å². The van der Waals surface area contributed by atoms with Crippen LogP contribution in [0.1, 0.15) is 35.6 Å². The molecule has 2 heteroatoms. The third kappa shape index (κ3) is 4.37. The van der Waals surface area contributed by atoms with Gasteiger partial charge in [-0.1, -0.05) is 128 Å². The molecule has 164 valence electrons. The summed E-state index contributed by atoms with van der Waals surface area (Å²) < 4.78 is 0.867. The molecule has 0 bridgehead atoms. The molecular weight excluding hydrogens is 410 g/mol. The molecule has 0 fully saturated rings. The van der Waals surface area contributed by atoms with E-state index in [1.165, 1.54) is 22.3 Å². The molecule has 0 N–H and O–H groups in total. The van der Waals surface area contributed by atoms with Gasteiger partial charge in [-0.2, -0.15) is 0 Å². The van der Waals surface area contributed by atoms with Crippen molar-refractivity contribution in [3.8, 4) is 0 Å². The highest BCUT2D eigenvalue weighted by atomic mass is 35.5. The van der Waals surface area contributed by atoms with E-state index in [0.29, 0.717) is 0 Å². The van der Waals surface area contributed by atoms with E-state index in [1.807, 2.05) is 0 Å². The highest BCUT2D eigenvalue weighted by Gasteiger charge is 2.52. The van der Waals surface area contributed by atoms with E-state index < -0.39 is 0 Å². The first-order valence-corrected chi connectivity index (χ1v) is 11.3. The largest absolute Gasteiger partial charge is 1.00 e. The monoisotopic (exact) mass is 441 g/mol. The summed E-state index contributed by atoms with van der Waals surface area (Å²) in [5.41, 5.74) is 5.04. The molecule has 0 heterocycles. The molecule has 0 saturated heterocycles. The Balaban J connectivity index is 0.00000289. The summed E-state index contributed by atoms with van der Waals surface area (Å²) in [6.45, 7) is 4.31. The van der Waals surface area contributed by atoms with Gasteiger partial charge in [-0.25, -0.2) is 0 Å². The van der Waals surface area contributed by atoms with Gasteiger partial charge in [0.1, 0.15) is 6.54 Å². The third-order valence-corrected chi connectivity index (χ3v) is 6.48. The Morgan fingerprint density at radius 1 is 0.562 bits per heavy atom. The number of nitrogens with zero attached hydrogens (tertiary/aromatic N) is 1. The van der Waals surface area contributed by atoms with Crippen molar-refractivity contribution in [1.82, 2.24) is 0 Å². The zero-order valence-electron chi connectivity index (χ0n) is 19.0. The van der Waals surface area contributed by atoms with E-state index in [0.717, 1.165) is 24.0 Å². The van der Waals surface area contributed by atoms with Gasteiger partial charge in [0.25, 0.3) is 0 Å². The standard InChI is InChI=1S/C30H32N.ClH/c1-3-24-31(2,25-26-16-8-4-9-17-26)30(27-18-10-5-11-19-27,28-20-12-6-13-21-28)29-22-14-7-15-23-29;/h4-23H,3,24-25H2,1-2H3;1H/q+1;/p-1. The average molecular weight is 442 g/mol. The van der Waals surface area contributed by atoms with Crippen molar-refractivity contribution in [2.24, 2.45) is 0 Å². The first kappa shape index (κ1) is 23.8. The first-order chi connectivity index (χ1) is 15.2. The minimum atomic E-state index is -0.324. The maximum atomic E-state index is 2.43. The van der Waals surface area contributed by atoms with Crippen LogP contribution in [0.25, 0.3) is 0 Å². The van der Waals surface area contributed by atoms with Gasteiger partial charge in [0.05, 0.1) is 13.6 Å². The number of hydrogen-bond donors (Lipinski definition) is 0. The summed E-state index contributed by atoms with van der Waals surface area (Å²) in [6, 6.07) is 44.2. The minimum absolute atomic E-state index is 0. The molecule has 1 nitrogen and oxygen atoms in total. The van der Waals surface area contributed by atoms with Crippen LogP contribution in [-0.2, 0) is 12.1 Å². The van der Waals surface area contributed by atoms with E-state index in [9.17, 15) is 0 Å². The molecule has 32 heavy (non-hydrogen) atoms. The lowest BCUT2D eigenvalue weighted by Crippen LogP contribution is -3.00. The Labute approximate surface area is 199 Å². The molecule has 0 saturated carbocycles. The van der Waals surface area contributed by atoms with E-state index in [2.05, 4.69) is 135 Å². The molecule has 0 aliphatic heterocycles. The molecule has 0 spiro atoms. The third-order valence-electron chi connectivity index (χ3n) is 6.48. The molecule has 1 unspecified atom stereocenters. The summed E-state index contributed by atoms with van der Waals surface area (Å²) in [5, 5.41) is 0. The van der Waals surface area contributed by atoms with E-state index in [4.69, 9.17) is 0 Å². The predicted molar refractivity (Wildman–Crippen MR) is 131 cm³/mol. The average Bonchev–Trinajstić information content (AvgIpc) is 2.82. The van der Waals surface area contributed by atoms with Gasteiger partial charge in [0.15, 0.2) is 5.54 Å². The fourth-order valence-corrected chi connectivity index (χ4v) is 5.32. The second-order valence-electron chi connectivity index (χ2n) is 8.57. The zero-order valence-corrected chi connectivity index (χ0v) is 19.7. The highest BCUT2D eigenvalue weighted by molar-refractivity contribution is 5.47. The quantitative estimate of drug-likeness (QED) is 0.286. The maximum Gasteiger partial charge on any atom is 0.176 e. The van der Waals surface area contributed by atoms with Gasteiger partial charge in [0.2, 0.25) is 0 Å². The minimum Gasteiger partial charge on any atom is -1.00 e. The van der Waals surface area contributed by atoms with Crippen molar-refractivity contribution >= 4 is 0 Å². The zero-order chi connectivity index (χ0) is 21.6. The summed E-state index contributed by atoms with van der Waals surface area (Å²) in [7, 11) is 2.43. The second-order valence-corrected chi connectivity index (χ2v) is 8.57. The maximum absolute atomic E-state index is 2.43. The molecule has 0 radical (unpaired) electrons. The Kier molecular flexibility index (Phi) is 7.90. The van der Waals surface area contributed by atoms with Gasteiger partial charge in [-0.3, -0.25) is 0 Å². The Bertz CT molecular complexity index is 968. The highest BCUT2D eigenvalue weighted by Crippen LogP contribution is 2.47. The predicted octanol–water partition coefficient (Wildman–Crippen LogP) is 4.04. The fourth-order valence-electron chi connectivity index (χ4n) is 5.32. The number of halogens is 1. The van der Waals surface area contributed by atoms with Crippen LogP contribution in [0.5, 0.6) is 0 Å². The molecule has 0 amide bonds. The molecule has 1 atom stereocenters. The molecule has 4 aromatic carbocycles. The van der Waals surface area contributed by atoms with Gasteiger partial charge in [-0.05, 0) is 6.42 Å². The van der Waals surface area contributed by atoms with E-state index in [-0.39, 0.29) is 17.9 Å². The topological polar surface area (TPSA) is 0 Å². The summed E-state index contributed by atoms with van der Waals surface area (Å²) in [5.74, 6) is 0. The van der Waals surface area contributed by atoms with Crippen molar-refractivity contribution in [3.05, 3.63) is 144 Å². The van der Waals surface area contributed by atoms with Crippen LogP contribution in [0.2, 0.25) is 0 Å². The van der Waals surface area contributed by atoms with Crippen LogP contribution in [-0.4, -0.2) is 18.1 Å². The SMILES string of the molecule is CCC[N+](C)(Cc1ccccc1)C(c1ccccc1)(c1ccccc1)c1ccccc1.[Cl-]. The normalized spacial score (nSPS) is 13.1. The summed E-state index contributed by atoms with van der Waals surface area (Å²) in [6.07, 6.45) is 1.11. The Morgan fingerprint density at radius 2 is 0.906 bits per heavy atom. The number of quaternary nitrogens is 1. The van der Waals surface area contributed by atoms with Crippen LogP contribution in [0.3, 0.4) is 0 Å².